The summed E-state index contributed by atoms with van der Waals surface area (Å²) in [5.41, 5.74) is 0. The summed E-state index contributed by atoms with van der Waals surface area (Å²) in [6.07, 6.45) is 78.0. The lowest BCUT2D eigenvalue weighted by Gasteiger charge is -2.18. The Morgan fingerprint density at radius 2 is 0.440 bits per heavy atom. The number of rotatable bonds is 63. The summed E-state index contributed by atoms with van der Waals surface area (Å²) >= 11 is 0. The summed E-state index contributed by atoms with van der Waals surface area (Å²) in [6.45, 7) is 6.67. The van der Waals surface area contributed by atoms with Crippen molar-refractivity contribution in [3.05, 3.63) is 24.3 Å². The molecule has 0 aromatic carbocycles. The van der Waals surface area contributed by atoms with Crippen molar-refractivity contribution in [3.63, 3.8) is 0 Å². The van der Waals surface area contributed by atoms with Gasteiger partial charge < -0.3 is 14.2 Å². The topological polar surface area (TPSA) is 78.9 Å². The van der Waals surface area contributed by atoms with Crippen LogP contribution in [0.1, 0.15) is 380 Å². The molecule has 6 nitrogen and oxygen atoms in total. The van der Waals surface area contributed by atoms with E-state index in [1.165, 1.54) is 276 Å². The van der Waals surface area contributed by atoms with E-state index < -0.39 is 6.10 Å². The van der Waals surface area contributed by atoms with E-state index in [0.29, 0.717) is 19.3 Å². The number of allylic oxidation sites excluding steroid dienone is 4. The fourth-order valence-corrected chi connectivity index (χ4v) is 10.3. The average molecular weight is 1060 g/mol. The maximum absolute atomic E-state index is 12.8. The van der Waals surface area contributed by atoms with Crippen molar-refractivity contribution >= 4 is 17.9 Å². The molecule has 0 aromatic heterocycles. The SMILES string of the molecule is CCCCCCC/C=C\CCCCCCCC(=O)OC(COC(=O)CCCCCCCCCCCC)COC(=O)CCCCCCCCCCCCCCCCCCCCCCC/C=C\CCCCCCCCCC. The summed E-state index contributed by atoms with van der Waals surface area (Å²) in [6, 6.07) is 0. The van der Waals surface area contributed by atoms with Crippen LogP contribution in [0.25, 0.3) is 0 Å². The first-order valence-electron chi connectivity index (χ1n) is 33.8. The highest BCUT2D eigenvalue weighted by atomic mass is 16.6. The zero-order chi connectivity index (χ0) is 54.3. The Balaban J connectivity index is 4.00. The van der Waals surface area contributed by atoms with E-state index in [2.05, 4.69) is 45.1 Å². The van der Waals surface area contributed by atoms with Gasteiger partial charge in [0.15, 0.2) is 6.10 Å². The molecule has 6 heteroatoms. The van der Waals surface area contributed by atoms with Crippen LogP contribution in [0.2, 0.25) is 0 Å². The molecule has 0 aromatic rings. The van der Waals surface area contributed by atoms with E-state index in [4.69, 9.17) is 14.2 Å². The van der Waals surface area contributed by atoms with Crippen molar-refractivity contribution in [1.29, 1.82) is 0 Å². The van der Waals surface area contributed by atoms with Crippen molar-refractivity contribution < 1.29 is 28.6 Å². The minimum absolute atomic E-state index is 0.0688. The van der Waals surface area contributed by atoms with Gasteiger partial charge in [0, 0.05) is 19.3 Å². The summed E-state index contributed by atoms with van der Waals surface area (Å²) in [4.78, 5) is 38.2. The number of unbranched alkanes of at least 4 members (excludes halogenated alkanes) is 48. The molecule has 442 valence electrons. The summed E-state index contributed by atoms with van der Waals surface area (Å²) in [5, 5.41) is 0. The summed E-state index contributed by atoms with van der Waals surface area (Å²) in [5.74, 6) is -0.855. The van der Waals surface area contributed by atoms with Crippen LogP contribution in [0.4, 0.5) is 0 Å². The quantitative estimate of drug-likeness (QED) is 0.0261. The van der Waals surface area contributed by atoms with Crippen LogP contribution in [-0.4, -0.2) is 37.2 Å². The highest BCUT2D eigenvalue weighted by Crippen LogP contribution is 2.18. The molecule has 0 amide bonds. The molecule has 0 aliphatic rings. The molecular weight excluding hydrogens is 925 g/mol. The van der Waals surface area contributed by atoms with Crippen molar-refractivity contribution in [1.82, 2.24) is 0 Å². The first-order chi connectivity index (χ1) is 37.0. The fraction of sp³-hybridized carbons (Fsp3) is 0.899. The molecule has 0 aliphatic heterocycles. The number of ether oxygens (including phenoxy) is 3. The van der Waals surface area contributed by atoms with Gasteiger partial charge in [0.25, 0.3) is 0 Å². The van der Waals surface area contributed by atoms with Crippen molar-refractivity contribution in [2.24, 2.45) is 0 Å². The van der Waals surface area contributed by atoms with Gasteiger partial charge in [-0.15, -0.1) is 0 Å². The van der Waals surface area contributed by atoms with Gasteiger partial charge in [-0.05, 0) is 70.6 Å². The molecule has 0 rings (SSSR count). The van der Waals surface area contributed by atoms with Crippen molar-refractivity contribution in [3.8, 4) is 0 Å². The third kappa shape index (κ3) is 62.6. The lowest BCUT2D eigenvalue weighted by molar-refractivity contribution is -0.167. The molecule has 0 bridgehead atoms. The largest absolute Gasteiger partial charge is 0.462 e. The van der Waals surface area contributed by atoms with E-state index >= 15 is 0 Å². The van der Waals surface area contributed by atoms with Crippen LogP contribution in [-0.2, 0) is 28.6 Å². The highest BCUT2D eigenvalue weighted by molar-refractivity contribution is 5.71. The van der Waals surface area contributed by atoms with Crippen LogP contribution in [0.15, 0.2) is 24.3 Å². The summed E-state index contributed by atoms with van der Waals surface area (Å²) < 4.78 is 16.9. The number of carbonyl (C=O) groups is 3. The molecule has 0 fully saturated rings. The molecule has 1 unspecified atom stereocenters. The molecule has 0 saturated carbocycles. The molecule has 0 N–H and O–H groups in total. The van der Waals surface area contributed by atoms with Crippen LogP contribution in [0, 0.1) is 0 Å². The van der Waals surface area contributed by atoms with E-state index in [0.717, 1.165) is 64.2 Å². The molecule has 0 spiro atoms. The average Bonchev–Trinajstić information content (AvgIpc) is 3.41. The number of carbonyl (C=O) groups excluding carboxylic acids is 3. The van der Waals surface area contributed by atoms with Gasteiger partial charge in [-0.1, -0.05) is 315 Å². The second kappa shape index (κ2) is 64.4. The van der Waals surface area contributed by atoms with Crippen molar-refractivity contribution in [2.45, 2.75) is 386 Å². The van der Waals surface area contributed by atoms with E-state index in [1.54, 1.807) is 0 Å². The predicted molar refractivity (Wildman–Crippen MR) is 326 cm³/mol. The van der Waals surface area contributed by atoms with Gasteiger partial charge in [-0.25, -0.2) is 0 Å². The molecule has 0 radical (unpaired) electrons. The fourth-order valence-electron chi connectivity index (χ4n) is 10.3. The molecule has 0 aliphatic carbocycles. The molecular formula is C69H130O6. The Morgan fingerprint density at radius 3 is 0.667 bits per heavy atom. The minimum atomic E-state index is -0.770. The first-order valence-corrected chi connectivity index (χ1v) is 33.8. The van der Waals surface area contributed by atoms with Gasteiger partial charge in [-0.2, -0.15) is 0 Å². The Hall–Kier alpha value is -2.11. The van der Waals surface area contributed by atoms with Gasteiger partial charge in [0.1, 0.15) is 13.2 Å². The predicted octanol–water partition coefficient (Wildman–Crippen LogP) is 23.0. The van der Waals surface area contributed by atoms with Crippen LogP contribution >= 0.6 is 0 Å². The summed E-state index contributed by atoms with van der Waals surface area (Å²) in [7, 11) is 0. The molecule has 0 saturated heterocycles. The third-order valence-electron chi connectivity index (χ3n) is 15.4. The Morgan fingerprint density at radius 1 is 0.253 bits per heavy atom. The minimum Gasteiger partial charge on any atom is -0.462 e. The lowest BCUT2D eigenvalue weighted by Crippen LogP contribution is -2.30. The van der Waals surface area contributed by atoms with E-state index in [-0.39, 0.29) is 31.1 Å². The first kappa shape index (κ1) is 72.9. The Bertz CT molecular complexity index is 1210. The maximum Gasteiger partial charge on any atom is 0.306 e. The van der Waals surface area contributed by atoms with Gasteiger partial charge in [0.2, 0.25) is 0 Å². The Labute approximate surface area is 468 Å². The van der Waals surface area contributed by atoms with E-state index in [9.17, 15) is 14.4 Å². The number of esters is 3. The standard InChI is InChI=1S/C69H130O6/c1-4-7-10-13-16-19-22-24-26-27-28-29-30-31-32-33-34-35-36-37-38-39-40-41-42-43-44-46-47-50-53-56-59-62-68(71)74-65-66(64-73-67(70)61-58-55-52-49-21-18-15-12-9-6-3)75-69(72)63-60-57-54-51-48-45-25-23-20-17-14-11-8-5-2/h23,25,27-28,66H,4-22,24,26,29-65H2,1-3H3/b25-23-,28-27-. The van der Waals surface area contributed by atoms with Gasteiger partial charge in [0.05, 0.1) is 0 Å². The second-order valence-corrected chi connectivity index (χ2v) is 23.1. The Kier molecular flexibility index (Phi) is 62.6. The zero-order valence-corrected chi connectivity index (χ0v) is 50.8. The van der Waals surface area contributed by atoms with Crippen LogP contribution < -0.4 is 0 Å². The smallest absolute Gasteiger partial charge is 0.306 e. The zero-order valence-electron chi connectivity index (χ0n) is 50.8. The monoisotopic (exact) mass is 1050 g/mol. The molecule has 1 atom stereocenters. The van der Waals surface area contributed by atoms with Crippen molar-refractivity contribution in [2.75, 3.05) is 13.2 Å². The highest BCUT2D eigenvalue weighted by Gasteiger charge is 2.19. The lowest BCUT2D eigenvalue weighted by atomic mass is 10.0. The molecule has 75 heavy (non-hydrogen) atoms. The van der Waals surface area contributed by atoms with E-state index in [1.807, 2.05) is 0 Å². The van der Waals surface area contributed by atoms with Crippen LogP contribution in [0.3, 0.4) is 0 Å². The third-order valence-corrected chi connectivity index (χ3v) is 15.4. The number of hydrogen-bond donors (Lipinski definition) is 0. The van der Waals surface area contributed by atoms with Gasteiger partial charge >= 0.3 is 17.9 Å². The number of hydrogen-bond acceptors (Lipinski definition) is 6. The molecule has 0 heterocycles. The normalized spacial score (nSPS) is 12.1. The van der Waals surface area contributed by atoms with Crippen LogP contribution in [0.5, 0.6) is 0 Å². The second-order valence-electron chi connectivity index (χ2n) is 23.1. The maximum atomic E-state index is 12.8. The van der Waals surface area contributed by atoms with Gasteiger partial charge in [-0.3, -0.25) is 14.4 Å².